The first-order valence-electron chi connectivity index (χ1n) is 7.47. The standard InChI is InChI=1S/C16H22N4O/c1-2-20(15-4-3-9-18-11-15)12-16(21)19-14-7-5-13(10-17)6-8-14/h5-8,15,18H,2-4,9,11-12H2,1H3,(H,19,21). The van der Waals surface area contributed by atoms with Crippen LogP contribution >= 0.6 is 0 Å². The number of hydrogen-bond acceptors (Lipinski definition) is 4. The summed E-state index contributed by atoms with van der Waals surface area (Å²) in [5.41, 5.74) is 1.33. The summed E-state index contributed by atoms with van der Waals surface area (Å²) in [7, 11) is 0. The summed E-state index contributed by atoms with van der Waals surface area (Å²) in [6.45, 7) is 5.39. The van der Waals surface area contributed by atoms with E-state index in [4.69, 9.17) is 5.26 Å². The largest absolute Gasteiger partial charge is 0.325 e. The number of nitrogens with one attached hydrogen (secondary N) is 2. The second kappa shape index (κ2) is 7.77. The van der Waals surface area contributed by atoms with Crippen LogP contribution in [0.3, 0.4) is 0 Å². The van der Waals surface area contributed by atoms with E-state index < -0.39 is 0 Å². The van der Waals surface area contributed by atoms with E-state index in [1.807, 2.05) is 0 Å². The van der Waals surface area contributed by atoms with Gasteiger partial charge in [-0.25, -0.2) is 0 Å². The fourth-order valence-electron chi connectivity index (χ4n) is 2.66. The highest BCUT2D eigenvalue weighted by Crippen LogP contribution is 2.12. The van der Waals surface area contributed by atoms with Crippen molar-refractivity contribution in [2.24, 2.45) is 0 Å². The van der Waals surface area contributed by atoms with Crippen LogP contribution in [0, 0.1) is 11.3 Å². The van der Waals surface area contributed by atoms with Gasteiger partial charge in [0, 0.05) is 18.3 Å². The van der Waals surface area contributed by atoms with Crippen LogP contribution in [0.5, 0.6) is 0 Å². The van der Waals surface area contributed by atoms with Crippen molar-refractivity contribution < 1.29 is 4.79 Å². The number of anilines is 1. The van der Waals surface area contributed by atoms with Crippen molar-refractivity contribution in [2.45, 2.75) is 25.8 Å². The predicted octanol–water partition coefficient (Wildman–Crippen LogP) is 1.57. The molecule has 1 aliphatic heterocycles. The highest BCUT2D eigenvalue weighted by molar-refractivity contribution is 5.92. The minimum Gasteiger partial charge on any atom is -0.325 e. The zero-order valence-corrected chi connectivity index (χ0v) is 12.4. The second-order valence-corrected chi connectivity index (χ2v) is 5.30. The van der Waals surface area contributed by atoms with Gasteiger partial charge in [0.1, 0.15) is 0 Å². The Morgan fingerprint density at radius 2 is 2.24 bits per heavy atom. The van der Waals surface area contributed by atoms with Crippen LogP contribution in [-0.2, 0) is 4.79 Å². The lowest BCUT2D eigenvalue weighted by atomic mass is 10.1. The van der Waals surface area contributed by atoms with E-state index in [-0.39, 0.29) is 5.91 Å². The van der Waals surface area contributed by atoms with Gasteiger partial charge in [-0.2, -0.15) is 5.26 Å². The maximum atomic E-state index is 12.1. The number of carbonyl (C=O) groups excluding carboxylic acids is 1. The van der Waals surface area contributed by atoms with Crippen LogP contribution in [0.25, 0.3) is 0 Å². The van der Waals surface area contributed by atoms with Crippen LogP contribution in [0.4, 0.5) is 5.69 Å². The number of hydrogen-bond donors (Lipinski definition) is 2. The Morgan fingerprint density at radius 3 is 2.81 bits per heavy atom. The third-order valence-corrected chi connectivity index (χ3v) is 3.84. The van der Waals surface area contributed by atoms with Crippen molar-refractivity contribution in [3.63, 3.8) is 0 Å². The molecule has 1 aromatic carbocycles. The average Bonchev–Trinajstić information content (AvgIpc) is 2.54. The number of amides is 1. The topological polar surface area (TPSA) is 68.2 Å². The molecule has 5 nitrogen and oxygen atoms in total. The molecule has 1 unspecified atom stereocenters. The Balaban J connectivity index is 1.88. The lowest BCUT2D eigenvalue weighted by Crippen LogP contribution is -2.48. The highest BCUT2D eigenvalue weighted by Gasteiger charge is 2.21. The maximum absolute atomic E-state index is 12.1. The molecule has 112 valence electrons. The Morgan fingerprint density at radius 1 is 1.48 bits per heavy atom. The molecule has 1 atom stereocenters. The molecule has 2 N–H and O–H groups in total. The Labute approximate surface area is 125 Å². The molecule has 0 aliphatic carbocycles. The Hall–Kier alpha value is -1.90. The van der Waals surface area contributed by atoms with Gasteiger partial charge in [0.05, 0.1) is 18.2 Å². The minimum absolute atomic E-state index is 0.00729. The highest BCUT2D eigenvalue weighted by atomic mass is 16.2. The molecule has 2 rings (SSSR count). The SMILES string of the molecule is CCN(CC(=O)Nc1ccc(C#N)cc1)C1CCCNC1. The first-order valence-corrected chi connectivity index (χ1v) is 7.47. The molecule has 0 spiro atoms. The van der Waals surface area contributed by atoms with Crippen molar-refractivity contribution >= 4 is 11.6 Å². The maximum Gasteiger partial charge on any atom is 0.238 e. The van der Waals surface area contributed by atoms with Gasteiger partial charge in [0.25, 0.3) is 0 Å². The Kier molecular flexibility index (Phi) is 5.73. The van der Waals surface area contributed by atoms with Crippen molar-refractivity contribution in [3.05, 3.63) is 29.8 Å². The second-order valence-electron chi connectivity index (χ2n) is 5.30. The van der Waals surface area contributed by atoms with Crippen molar-refractivity contribution in [1.82, 2.24) is 10.2 Å². The van der Waals surface area contributed by atoms with Gasteiger partial charge in [-0.3, -0.25) is 9.69 Å². The number of nitrogens with zero attached hydrogens (tertiary/aromatic N) is 2. The number of piperidine rings is 1. The third kappa shape index (κ3) is 4.55. The molecular formula is C16H22N4O. The number of nitriles is 1. The summed E-state index contributed by atoms with van der Waals surface area (Å²) < 4.78 is 0. The molecule has 1 heterocycles. The van der Waals surface area contributed by atoms with E-state index in [0.29, 0.717) is 18.2 Å². The molecule has 1 saturated heterocycles. The summed E-state index contributed by atoms with van der Waals surface area (Å²) in [6.07, 6.45) is 2.31. The van der Waals surface area contributed by atoms with Crippen molar-refractivity contribution in [2.75, 3.05) is 31.5 Å². The summed E-state index contributed by atoms with van der Waals surface area (Å²) >= 11 is 0. The van der Waals surface area contributed by atoms with Crippen LogP contribution in [0.2, 0.25) is 0 Å². The molecule has 1 fully saturated rings. The van der Waals surface area contributed by atoms with E-state index >= 15 is 0 Å². The fourth-order valence-corrected chi connectivity index (χ4v) is 2.66. The van der Waals surface area contributed by atoms with Crippen molar-refractivity contribution in [3.8, 4) is 6.07 Å². The van der Waals surface area contributed by atoms with Crippen LogP contribution < -0.4 is 10.6 Å². The van der Waals surface area contributed by atoms with E-state index in [9.17, 15) is 4.79 Å². The molecule has 5 heteroatoms. The summed E-state index contributed by atoms with van der Waals surface area (Å²) in [5, 5.41) is 15.0. The summed E-state index contributed by atoms with van der Waals surface area (Å²) in [4.78, 5) is 14.4. The number of carbonyl (C=O) groups is 1. The molecule has 0 saturated carbocycles. The number of likely N-dealkylation sites (N-methyl/N-ethyl adjacent to an activating group) is 1. The number of benzene rings is 1. The van der Waals surface area contributed by atoms with Gasteiger partial charge in [-0.05, 0) is 50.2 Å². The van der Waals surface area contributed by atoms with Crippen LogP contribution in [0.15, 0.2) is 24.3 Å². The summed E-state index contributed by atoms with van der Waals surface area (Å²) in [5.74, 6) is -0.00729. The van der Waals surface area contributed by atoms with Crippen LogP contribution in [0.1, 0.15) is 25.3 Å². The Bertz CT molecular complexity index is 500. The average molecular weight is 286 g/mol. The predicted molar refractivity (Wildman–Crippen MR) is 82.9 cm³/mol. The molecule has 1 aromatic rings. The van der Waals surface area contributed by atoms with Gasteiger partial charge < -0.3 is 10.6 Å². The smallest absolute Gasteiger partial charge is 0.238 e. The lowest BCUT2D eigenvalue weighted by Gasteiger charge is -2.33. The fraction of sp³-hybridized carbons (Fsp3) is 0.500. The quantitative estimate of drug-likeness (QED) is 0.862. The monoisotopic (exact) mass is 286 g/mol. The van der Waals surface area contributed by atoms with Gasteiger partial charge in [0.15, 0.2) is 0 Å². The zero-order chi connectivity index (χ0) is 15.1. The van der Waals surface area contributed by atoms with E-state index in [1.165, 1.54) is 6.42 Å². The van der Waals surface area contributed by atoms with Crippen molar-refractivity contribution in [1.29, 1.82) is 5.26 Å². The zero-order valence-electron chi connectivity index (χ0n) is 12.4. The normalized spacial score (nSPS) is 18.2. The molecule has 0 radical (unpaired) electrons. The molecule has 1 aliphatic rings. The molecule has 1 amide bonds. The lowest BCUT2D eigenvalue weighted by molar-refractivity contribution is -0.117. The number of rotatable bonds is 5. The van der Waals surface area contributed by atoms with Gasteiger partial charge in [0.2, 0.25) is 5.91 Å². The van der Waals surface area contributed by atoms with Gasteiger partial charge in [-0.15, -0.1) is 0 Å². The van der Waals surface area contributed by atoms with E-state index in [1.54, 1.807) is 24.3 Å². The van der Waals surface area contributed by atoms with E-state index in [2.05, 4.69) is 28.5 Å². The first kappa shape index (κ1) is 15.5. The van der Waals surface area contributed by atoms with Crippen LogP contribution in [-0.4, -0.2) is 43.0 Å². The molecule has 0 bridgehead atoms. The van der Waals surface area contributed by atoms with Gasteiger partial charge >= 0.3 is 0 Å². The third-order valence-electron chi connectivity index (χ3n) is 3.84. The molecule has 0 aromatic heterocycles. The molecule has 21 heavy (non-hydrogen) atoms. The summed E-state index contributed by atoms with van der Waals surface area (Å²) in [6, 6.07) is 9.44. The van der Waals surface area contributed by atoms with Gasteiger partial charge in [-0.1, -0.05) is 6.92 Å². The minimum atomic E-state index is -0.00729. The first-order chi connectivity index (χ1) is 10.2. The van der Waals surface area contributed by atoms with E-state index in [0.717, 1.165) is 31.7 Å². The molecular weight excluding hydrogens is 264 g/mol.